The first kappa shape index (κ1) is 21.3. The summed E-state index contributed by atoms with van der Waals surface area (Å²) in [6.07, 6.45) is 14.2. The van der Waals surface area contributed by atoms with E-state index in [4.69, 9.17) is 0 Å². The van der Waals surface area contributed by atoms with Crippen LogP contribution in [0.15, 0.2) is 47.3 Å². The normalized spacial score (nSPS) is 37.4. The lowest BCUT2D eigenvalue weighted by Gasteiger charge is -2.57. The van der Waals surface area contributed by atoms with Crippen molar-refractivity contribution in [2.45, 2.75) is 57.5 Å². The van der Waals surface area contributed by atoms with E-state index in [0.717, 1.165) is 49.2 Å². The van der Waals surface area contributed by atoms with Gasteiger partial charge in [0.05, 0.1) is 11.3 Å². The third-order valence-electron chi connectivity index (χ3n) is 9.53. The molecule has 0 bridgehead atoms. The molecule has 6 atom stereocenters. The fraction of sp³-hybridized carbons (Fsp3) is 0.556. The Kier molecular flexibility index (Phi) is 4.95. The zero-order chi connectivity index (χ0) is 22.8. The molecule has 172 valence electrons. The summed E-state index contributed by atoms with van der Waals surface area (Å²) in [7, 11) is 0. The van der Waals surface area contributed by atoms with Gasteiger partial charge in [0, 0.05) is 17.5 Å². The van der Waals surface area contributed by atoms with E-state index in [1.807, 2.05) is 18.2 Å². The van der Waals surface area contributed by atoms with Crippen LogP contribution < -0.4 is 0 Å². The van der Waals surface area contributed by atoms with Gasteiger partial charge in [0.25, 0.3) is 0 Å². The molecule has 4 aliphatic rings. The number of H-pyrrole nitrogens is 1. The molecule has 3 saturated carbocycles. The number of pyridine rings is 1. The summed E-state index contributed by atoms with van der Waals surface area (Å²) in [5.74, 6) is 2.98. The number of rotatable bonds is 4. The summed E-state index contributed by atoms with van der Waals surface area (Å²) in [5.41, 5.74) is 3.07. The monoisotopic (exact) mass is 461 g/mol. The van der Waals surface area contributed by atoms with Crippen LogP contribution in [-0.4, -0.2) is 32.3 Å². The molecule has 0 aliphatic heterocycles. The topological polar surface area (TPSA) is 75.7 Å². The second kappa shape index (κ2) is 7.66. The van der Waals surface area contributed by atoms with Gasteiger partial charge in [0.15, 0.2) is 16.6 Å². The first-order valence-electron chi connectivity index (χ1n) is 12.3. The lowest BCUT2D eigenvalue weighted by Crippen LogP contribution is -2.50. The predicted octanol–water partition coefficient (Wildman–Crippen LogP) is 5.54. The predicted molar refractivity (Wildman–Crippen MR) is 130 cm³/mol. The third-order valence-corrected chi connectivity index (χ3v) is 10.4. The second-order valence-corrected chi connectivity index (χ2v) is 11.9. The smallest absolute Gasteiger partial charge is 0.178 e. The SMILES string of the molecule is CC12C=CC(=O)C=C1CCC1C2CCC2(C)C(C(=O)CSc3nc4ncccc4[nH]3)CCC12. The first-order chi connectivity index (χ1) is 15.9. The molecule has 6 rings (SSSR count). The number of carbonyl (C=O) groups excluding carboxylic acids is 2. The van der Waals surface area contributed by atoms with E-state index in [2.05, 4.69) is 34.9 Å². The molecule has 6 unspecified atom stereocenters. The number of thioether (sulfide) groups is 1. The van der Waals surface area contributed by atoms with Gasteiger partial charge in [-0.25, -0.2) is 9.97 Å². The molecule has 2 aromatic heterocycles. The zero-order valence-electron chi connectivity index (χ0n) is 19.3. The van der Waals surface area contributed by atoms with Gasteiger partial charge in [-0.05, 0) is 86.0 Å². The average Bonchev–Trinajstić information content (AvgIpc) is 3.38. The maximum Gasteiger partial charge on any atom is 0.178 e. The highest BCUT2D eigenvalue weighted by Crippen LogP contribution is 2.66. The van der Waals surface area contributed by atoms with Crippen LogP contribution in [-0.2, 0) is 9.59 Å². The minimum absolute atomic E-state index is 0.0193. The molecule has 1 N–H and O–H groups in total. The van der Waals surface area contributed by atoms with Crippen molar-refractivity contribution in [3.8, 4) is 0 Å². The maximum absolute atomic E-state index is 13.4. The molecule has 33 heavy (non-hydrogen) atoms. The molecular weight excluding hydrogens is 430 g/mol. The van der Waals surface area contributed by atoms with Gasteiger partial charge in [0.2, 0.25) is 0 Å². The molecule has 2 aromatic rings. The molecule has 0 aromatic carbocycles. The summed E-state index contributed by atoms with van der Waals surface area (Å²) in [4.78, 5) is 37.5. The van der Waals surface area contributed by atoms with Crippen molar-refractivity contribution in [3.05, 3.63) is 42.1 Å². The van der Waals surface area contributed by atoms with Gasteiger partial charge in [-0.15, -0.1) is 0 Å². The van der Waals surface area contributed by atoms with Crippen molar-refractivity contribution in [1.82, 2.24) is 15.0 Å². The Morgan fingerprint density at radius 3 is 2.94 bits per heavy atom. The van der Waals surface area contributed by atoms with Gasteiger partial charge in [-0.3, -0.25) is 9.59 Å². The Balaban J connectivity index is 1.18. The highest BCUT2D eigenvalue weighted by molar-refractivity contribution is 7.99. The molecule has 0 spiro atoms. The summed E-state index contributed by atoms with van der Waals surface area (Å²) in [6.45, 7) is 4.74. The van der Waals surface area contributed by atoms with Crippen molar-refractivity contribution in [3.63, 3.8) is 0 Å². The van der Waals surface area contributed by atoms with Gasteiger partial charge in [0.1, 0.15) is 5.78 Å². The van der Waals surface area contributed by atoms with Crippen molar-refractivity contribution < 1.29 is 9.59 Å². The fourth-order valence-corrected chi connectivity index (χ4v) is 8.67. The maximum atomic E-state index is 13.4. The number of hydrogen-bond donors (Lipinski definition) is 1. The molecule has 0 amide bonds. The van der Waals surface area contributed by atoms with Gasteiger partial charge >= 0.3 is 0 Å². The van der Waals surface area contributed by atoms with Crippen LogP contribution in [0.25, 0.3) is 11.2 Å². The molecular formula is C27H31N3O2S. The highest BCUT2D eigenvalue weighted by atomic mass is 32.2. The lowest BCUT2D eigenvalue weighted by molar-refractivity contribution is -0.126. The number of carbonyl (C=O) groups is 2. The van der Waals surface area contributed by atoms with Crippen LogP contribution >= 0.6 is 11.8 Å². The van der Waals surface area contributed by atoms with E-state index < -0.39 is 0 Å². The van der Waals surface area contributed by atoms with E-state index in [9.17, 15) is 9.59 Å². The number of nitrogens with zero attached hydrogens (tertiary/aromatic N) is 2. The number of Topliss-reactive ketones (excluding diaryl/α,β-unsaturated/α-hetero) is 1. The Bertz CT molecular complexity index is 1170. The van der Waals surface area contributed by atoms with E-state index in [1.54, 1.807) is 12.3 Å². The first-order valence-corrected chi connectivity index (χ1v) is 13.3. The Hall–Kier alpha value is -2.21. The minimum Gasteiger partial charge on any atom is -0.332 e. The van der Waals surface area contributed by atoms with Crippen LogP contribution in [0.1, 0.15) is 52.4 Å². The molecule has 2 heterocycles. The summed E-state index contributed by atoms with van der Waals surface area (Å²) < 4.78 is 0. The molecule has 6 heteroatoms. The zero-order valence-corrected chi connectivity index (χ0v) is 20.2. The highest BCUT2D eigenvalue weighted by Gasteiger charge is 2.59. The number of nitrogens with one attached hydrogen (secondary N) is 1. The standard InChI is InChI=1S/C27H31N3O2S/c1-26-11-9-17(31)14-16(26)5-6-18-19-7-8-21(27(19,2)12-10-20(18)26)23(32)15-33-25-29-22-4-3-13-28-24(22)30-25/h3-4,9,11,13-14,18-21H,5-8,10,12,15H2,1-2H3,(H,28,29,30). The van der Waals surface area contributed by atoms with Crippen molar-refractivity contribution in [2.24, 2.45) is 34.5 Å². The van der Waals surface area contributed by atoms with Crippen molar-refractivity contribution in [1.29, 1.82) is 0 Å². The van der Waals surface area contributed by atoms with E-state index >= 15 is 0 Å². The summed E-state index contributed by atoms with van der Waals surface area (Å²) >= 11 is 1.51. The Morgan fingerprint density at radius 1 is 1.21 bits per heavy atom. The van der Waals surface area contributed by atoms with Crippen LogP contribution in [0.3, 0.4) is 0 Å². The van der Waals surface area contributed by atoms with Gasteiger partial charge in [-0.2, -0.15) is 0 Å². The fourth-order valence-electron chi connectivity index (χ4n) is 7.86. The Morgan fingerprint density at radius 2 is 2.09 bits per heavy atom. The molecule has 3 fully saturated rings. The quantitative estimate of drug-likeness (QED) is 0.605. The summed E-state index contributed by atoms with van der Waals surface area (Å²) in [5, 5.41) is 0.776. The largest absolute Gasteiger partial charge is 0.332 e. The molecule has 0 radical (unpaired) electrons. The molecule has 4 aliphatic carbocycles. The van der Waals surface area contributed by atoms with Crippen LogP contribution in [0, 0.1) is 34.5 Å². The summed E-state index contributed by atoms with van der Waals surface area (Å²) in [6, 6.07) is 3.85. The lowest BCUT2D eigenvalue weighted by atomic mass is 9.47. The van der Waals surface area contributed by atoms with E-state index in [-0.39, 0.29) is 22.5 Å². The number of ketones is 2. The number of imidazole rings is 1. The number of aromatic nitrogens is 3. The average molecular weight is 462 g/mol. The van der Waals surface area contributed by atoms with Crippen LogP contribution in [0.4, 0.5) is 0 Å². The van der Waals surface area contributed by atoms with Gasteiger partial charge < -0.3 is 4.98 Å². The van der Waals surface area contributed by atoms with Gasteiger partial charge in [-0.1, -0.05) is 37.3 Å². The number of aromatic amines is 1. The molecule has 5 nitrogen and oxygen atoms in total. The van der Waals surface area contributed by atoms with Crippen LogP contribution in [0.2, 0.25) is 0 Å². The second-order valence-electron chi connectivity index (χ2n) is 10.9. The molecule has 0 saturated heterocycles. The van der Waals surface area contributed by atoms with E-state index in [1.165, 1.54) is 17.3 Å². The van der Waals surface area contributed by atoms with Crippen molar-refractivity contribution in [2.75, 3.05) is 5.75 Å². The Labute approximate surface area is 198 Å². The number of allylic oxidation sites excluding steroid dienone is 4. The number of fused-ring (bicyclic) bond motifs is 6. The number of hydrogen-bond acceptors (Lipinski definition) is 5. The van der Waals surface area contributed by atoms with Crippen molar-refractivity contribution >= 4 is 34.5 Å². The minimum atomic E-state index is 0.0193. The third kappa shape index (κ3) is 3.28. The van der Waals surface area contributed by atoms with E-state index in [0.29, 0.717) is 34.9 Å². The van der Waals surface area contributed by atoms with Crippen LogP contribution in [0.5, 0.6) is 0 Å².